The molecule has 282 valence electrons. The van der Waals surface area contributed by atoms with Gasteiger partial charge in [0.05, 0.1) is 10.4 Å². The summed E-state index contributed by atoms with van der Waals surface area (Å²) in [7, 11) is 0. The summed E-state index contributed by atoms with van der Waals surface area (Å²) in [6, 6.07) is 86.1. The Hall–Kier alpha value is -7.52. The molecule has 0 amide bonds. The van der Waals surface area contributed by atoms with E-state index >= 15 is 0 Å². The van der Waals surface area contributed by atoms with Gasteiger partial charge in [-0.3, -0.25) is 0 Å². The van der Waals surface area contributed by atoms with E-state index in [1.807, 2.05) is 11.3 Å². The van der Waals surface area contributed by atoms with Gasteiger partial charge in [-0.1, -0.05) is 188 Å². The first-order chi connectivity index (χ1) is 29.7. The van der Waals surface area contributed by atoms with E-state index < -0.39 is 0 Å². The molecule has 60 heavy (non-hydrogen) atoms. The zero-order valence-corrected chi connectivity index (χ0v) is 33.7. The van der Waals surface area contributed by atoms with E-state index in [1.54, 1.807) is 0 Å². The van der Waals surface area contributed by atoms with Gasteiger partial charge in [-0.15, -0.1) is 11.3 Å². The summed E-state index contributed by atoms with van der Waals surface area (Å²) in [5.41, 5.74) is 15.5. The van der Waals surface area contributed by atoms with Gasteiger partial charge in [0.1, 0.15) is 0 Å². The molecule has 2 heteroatoms. The molecule has 11 aromatic rings. The summed E-state index contributed by atoms with van der Waals surface area (Å²) >= 11 is 1.86. The minimum atomic E-state index is 1.11. The molecule has 0 saturated heterocycles. The Balaban J connectivity index is 0.957. The predicted molar refractivity (Wildman–Crippen MR) is 259 cm³/mol. The summed E-state index contributed by atoms with van der Waals surface area (Å²) in [5.74, 6) is 0. The van der Waals surface area contributed by atoms with Gasteiger partial charge in [0.2, 0.25) is 0 Å². The van der Waals surface area contributed by atoms with Crippen LogP contribution in [0.4, 0.5) is 17.1 Å². The molecule has 0 atom stereocenters. The zero-order valence-electron chi connectivity index (χ0n) is 32.9. The predicted octanol–water partition coefficient (Wildman–Crippen LogP) is 17.0. The van der Waals surface area contributed by atoms with Gasteiger partial charge < -0.3 is 4.90 Å². The molecule has 0 radical (unpaired) electrons. The quantitative estimate of drug-likeness (QED) is 0.148. The summed E-state index contributed by atoms with van der Waals surface area (Å²) < 4.78 is 2.57. The van der Waals surface area contributed by atoms with Crippen molar-refractivity contribution < 1.29 is 0 Å². The van der Waals surface area contributed by atoms with Gasteiger partial charge in [0, 0.05) is 26.8 Å². The maximum absolute atomic E-state index is 2.43. The Labute approximate surface area is 354 Å². The van der Waals surface area contributed by atoms with Crippen molar-refractivity contribution in [3.05, 3.63) is 237 Å². The molecule has 11 rings (SSSR count). The van der Waals surface area contributed by atoms with Gasteiger partial charge in [-0.05, 0) is 115 Å². The molecule has 0 saturated carbocycles. The average Bonchev–Trinajstić information content (AvgIpc) is 3.72. The molecule has 0 aliphatic carbocycles. The second-order valence-corrected chi connectivity index (χ2v) is 16.4. The minimum Gasteiger partial charge on any atom is -0.309 e. The standard InChI is InChI=1S/C58H39NS/c1-2-14-44(15-3-1)52-21-6-7-22-53(52)49-19-11-20-51(39-49)59(56-25-12-24-55-54-23-8-9-26-57(54)60-58(55)56)50-35-33-42(34-36-50)41-27-29-43(30-28-41)46-17-10-18-47(37-46)48-32-31-40-13-4-5-16-45(40)38-48/h1-39H. The first-order valence-corrected chi connectivity index (χ1v) is 21.3. The van der Waals surface area contributed by atoms with Crippen LogP contribution in [0.25, 0.3) is 86.6 Å². The van der Waals surface area contributed by atoms with Crippen molar-refractivity contribution in [3.8, 4) is 55.6 Å². The van der Waals surface area contributed by atoms with Crippen LogP contribution in [0.1, 0.15) is 0 Å². The number of anilines is 3. The van der Waals surface area contributed by atoms with Crippen molar-refractivity contribution in [2.24, 2.45) is 0 Å². The van der Waals surface area contributed by atoms with Gasteiger partial charge in [0.15, 0.2) is 0 Å². The van der Waals surface area contributed by atoms with Crippen molar-refractivity contribution >= 4 is 59.3 Å². The number of benzene rings is 10. The molecule has 1 aromatic heterocycles. The third-order valence-corrected chi connectivity index (χ3v) is 12.9. The second-order valence-electron chi connectivity index (χ2n) is 15.3. The Kier molecular flexibility index (Phi) is 9.11. The van der Waals surface area contributed by atoms with Crippen molar-refractivity contribution in [3.63, 3.8) is 0 Å². The first-order valence-electron chi connectivity index (χ1n) is 20.5. The third kappa shape index (κ3) is 6.63. The number of fused-ring (bicyclic) bond motifs is 4. The van der Waals surface area contributed by atoms with Crippen LogP contribution in [0.5, 0.6) is 0 Å². The lowest BCUT2D eigenvalue weighted by molar-refractivity contribution is 1.30. The van der Waals surface area contributed by atoms with E-state index in [4.69, 9.17) is 0 Å². The maximum Gasteiger partial charge on any atom is 0.0640 e. The van der Waals surface area contributed by atoms with E-state index in [1.165, 1.54) is 92.3 Å². The van der Waals surface area contributed by atoms with Crippen LogP contribution >= 0.6 is 11.3 Å². The third-order valence-electron chi connectivity index (χ3n) is 11.7. The Morgan fingerprint density at radius 3 is 1.62 bits per heavy atom. The first kappa shape index (κ1) is 35.6. The molecule has 0 fully saturated rings. The lowest BCUT2D eigenvalue weighted by Gasteiger charge is -2.27. The van der Waals surface area contributed by atoms with Crippen LogP contribution in [-0.4, -0.2) is 0 Å². The molecule has 1 nitrogen and oxygen atoms in total. The smallest absolute Gasteiger partial charge is 0.0640 e. The van der Waals surface area contributed by atoms with Gasteiger partial charge >= 0.3 is 0 Å². The van der Waals surface area contributed by atoms with E-state index in [2.05, 4.69) is 241 Å². The molecular formula is C58H39NS. The summed E-state index contributed by atoms with van der Waals surface area (Å²) in [5, 5.41) is 5.10. The number of hydrogen-bond acceptors (Lipinski definition) is 2. The fraction of sp³-hybridized carbons (Fsp3) is 0. The fourth-order valence-electron chi connectivity index (χ4n) is 8.66. The molecule has 0 aliphatic rings. The molecule has 0 bridgehead atoms. The monoisotopic (exact) mass is 781 g/mol. The van der Waals surface area contributed by atoms with Gasteiger partial charge in [-0.2, -0.15) is 0 Å². The lowest BCUT2D eigenvalue weighted by atomic mass is 9.94. The largest absolute Gasteiger partial charge is 0.309 e. The van der Waals surface area contributed by atoms with E-state index in [0.717, 1.165) is 11.4 Å². The summed E-state index contributed by atoms with van der Waals surface area (Å²) in [6.07, 6.45) is 0. The molecule has 1 heterocycles. The van der Waals surface area contributed by atoms with Gasteiger partial charge in [-0.25, -0.2) is 0 Å². The SMILES string of the molecule is c1ccc(-c2ccccc2-c2cccc(N(c3ccc(-c4ccc(-c5cccc(-c6ccc7ccccc7c6)c5)cc4)cc3)c3cccc4c3sc3ccccc34)c2)cc1. The van der Waals surface area contributed by atoms with Crippen LogP contribution in [0.2, 0.25) is 0 Å². The minimum absolute atomic E-state index is 1.11. The van der Waals surface area contributed by atoms with Crippen LogP contribution in [0.3, 0.4) is 0 Å². The summed E-state index contributed by atoms with van der Waals surface area (Å²) in [6.45, 7) is 0. The van der Waals surface area contributed by atoms with Crippen molar-refractivity contribution in [1.29, 1.82) is 0 Å². The van der Waals surface area contributed by atoms with Crippen molar-refractivity contribution in [1.82, 2.24) is 0 Å². The van der Waals surface area contributed by atoms with E-state index in [9.17, 15) is 0 Å². The highest BCUT2D eigenvalue weighted by molar-refractivity contribution is 7.26. The zero-order chi connectivity index (χ0) is 39.8. The van der Waals surface area contributed by atoms with Crippen LogP contribution in [0, 0.1) is 0 Å². The molecule has 0 N–H and O–H groups in total. The van der Waals surface area contributed by atoms with Crippen molar-refractivity contribution in [2.75, 3.05) is 4.90 Å². The highest BCUT2D eigenvalue weighted by Gasteiger charge is 2.19. The molecule has 0 unspecified atom stereocenters. The number of thiophene rings is 1. The van der Waals surface area contributed by atoms with Crippen molar-refractivity contribution in [2.45, 2.75) is 0 Å². The molecular weight excluding hydrogens is 743 g/mol. The number of nitrogens with zero attached hydrogens (tertiary/aromatic N) is 1. The Morgan fingerprint density at radius 2 is 0.817 bits per heavy atom. The maximum atomic E-state index is 2.43. The van der Waals surface area contributed by atoms with Crippen LogP contribution in [0.15, 0.2) is 237 Å². The Morgan fingerprint density at radius 1 is 0.283 bits per heavy atom. The number of rotatable bonds is 8. The summed E-state index contributed by atoms with van der Waals surface area (Å²) in [4.78, 5) is 2.43. The highest BCUT2D eigenvalue weighted by Crippen LogP contribution is 2.46. The molecule has 0 aliphatic heterocycles. The van der Waals surface area contributed by atoms with E-state index in [-0.39, 0.29) is 0 Å². The molecule has 10 aromatic carbocycles. The molecule has 0 spiro atoms. The lowest BCUT2D eigenvalue weighted by Crippen LogP contribution is -2.10. The highest BCUT2D eigenvalue weighted by atomic mass is 32.1. The van der Waals surface area contributed by atoms with Crippen LogP contribution < -0.4 is 4.90 Å². The average molecular weight is 782 g/mol. The Bertz CT molecular complexity index is 3310. The topological polar surface area (TPSA) is 3.24 Å². The van der Waals surface area contributed by atoms with Crippen LogP contribution in [-0.2, 0) is 0 Å². The fourth-order valence-corrected chi connectivity index (χ4v) is 9.86. The van der Waals surface area contributed by atoms with E-state index in [0.29, 0.717) is 0 Å². The number of hydrogen-bond donors (Lipinski definition) is 0. The van der Waals surface area contributed by atoms with Gasteiger partial charge in [0.25, 0.3) is 0 Å². The normalized spacial score (nSPS) is 11.3. The second kappa shape index (κ2) is 15.3.